The highest BCUT2D eigenvalue weighted by atomic mass is 32.1. The first kappa shape index (κ1) is 15.2. The van der Waals surface area contributed by atoms with Gasteiger partial charge in [0.2, 0.25) is 0 Å². The van der Waals surface area contributed by atoms with Crippen molar-refractivity contribution in [3.05, 3.63) is 43.9 Å². The van der Waals surface area contributed by atoms with E-state index in [0.29, 0.717) is 0 Å². The number of aryl methyl sites for hydroxylation is 2. The van der Waals surface area contributed by atoms with Crippen LogP contribution in [-0.4, -0.2) is 23.0 Å². The van der Waals surface area contributed by atoms with Crippen LogP contribution in [0.25, 0.3) is 11.3 Å². The predicted octanol–water partition coefficient (Wildman–Crippen LogP) is 3.97. The first-order valence-electron chi connectivity index (χ1n) is 8.86. The second-order valence-electron chi connectivity index (χ2n) is 6.84. The maximum Gasteiger partial charge on any atom is 0.305 e. The molecule has 0 atom stereocenters. The lowest BCUT2D eigenvalue weighted by atomic mass is 9.90. The van der Waals surface area contributed by atoms with Crippen LogP contribution in [0.2, 0.25) is 0 Å². The quantitative estimate of drug-likeness (QED) is 0.925. The lowest BCUT2D eigenvalue weighted by molar-refractivity contribution is 0.223. The molecule has 3 nitrogen and oxygen atoms in total. The number of nitrogens with zero attached hydrogens (tertiary/aromatic N) is 1. The number of piperidine rings is 1. The number of nitrogens with one attached hydrogen (secondary N) is 1. The van der Waals surface area contributed by atoms with Crippen LogP contribution in [-0.2, 0) is 19.4 Å². The molecule has 1 aliphatic carbocycles. The maximum atomic E-state index is 12.0. The highest BCUT2D eigenvalue weighted by molar-refractivity contribution is 7.09. The Hall–Kier alpha value is -1.39. The van der Waals surface area contributed by atoms with Crippen LogP contribution in [0.1, 0.15) is 48.1 Å². The maximum absolute atomic E-state index is 12.0. The molecule has 0 saturated carbocycles. The van der Waals surface area contributed by atoms with Crippen LogP contribution < -0.4 is 4.87 Å². The molecule has 0 unspecified atom stereocenters. The molecule has 4 heteroatoms. The summed E-state index contributed by atoms with van der Waals surface area (Å²) in [5, 5.41) is 0. The molecule has 1 aliphatic heterocycles. The zero-order valence-corrected chi connectivity index (χ0v) is 14.4. The predicted molar refractivity (Wildman–Crippen MR) is 96.1 cm³/mol. The first-order chi connectivity index (χ1) is 11.3. The van der Waals surface area contributed by atoms with Crippen molar-refractivity contribution < 1.29 is 0 Å². The number of H-pyrrole nitrogens is 1. The summed E-state index contributed by atoms with van der Waals surface area (Å²) in [5.74, 6) is 0. The Morgan fingerprint density at radius 3 is 2.61 bits per heavy atom. The van der Waals surface area contributed by atoms with Crippen LogP contribution in [0.5, 0.6) is 0 Å². The summed E-state index contributed by atoms with van der Waals surface area (Å²) in [6, 6.07) is 6.78. The minimum absolute atomic E-state index is 0.0738. The van der Waals surface area contributed by atoms with Gasteiger partial charge < -0.3 is 4.98 Å². The van der Waals surface area contributed by atoms with Crippen molar-refractivity contribution in [2.24, 2.45) is 0 Å². The summed E-state index contributed by atoms with van der Waals surface area (Å²) in [6.07, 6.45) is 8.90. The third-order valence-electron chi connectivity index (χ3n) is 5.17. The van der Waals surface area contributed by atoms with Gasteiger partial charge in [0.05, 0.1) is 5.69 Å². The summed E-state index contributed by atoms with van der Waals surface area (Å²) < 4.78 is 0. The van der Waals surface area contributed by atoms with Gasteiger partial charge in [-0.3, -0.25) is 9.69 Å². The normalized spacial score (nSPS) is 18.8. The number of likely N-dealkylation sites (tertiary alicyclic amines) is 1. The fourth-order valence-electron chi connectivity index (χ4n) is 3.91. The minimum Gasteiger partial charge on any atom is -0.312 e. The van der Waals surface area contributed by atoms with E-state index < -0.39 is 0 Å². The van der Waals surface area contributed by atoms with Crippen molar-refractivity contribution in [2.75, 3.05) is 13.1 Å². The van der Waals surface area contributed by atoms with Gasteiger partial charge >= 0.3 is 4.87 Å². The van der Waals surface area contributed by atoms with Crippen LogP contribution in [0.4, 0.5) is 0 Å². The molecule has 0 bridgehead atoms. The molecule has 122 valence electrons. The Labute approximate surface area is 141 Å². The van der Waals surface area contributed by atoms with Gasteiger partial charge in [0.15, 0.2) is 0 Å². The first-order valence-corrected chi connectivity index (χ1v) is 9.68. The van der Waals surface area contributed by atoms with Crippen molar-refractivity contribution >= 4 is 11.3 Å². The van der Waals surface area contributed by atoms with Crippen LogP contribution >= 0.6 is 11.3 Å². The summed E-state index contributed by atoms with van der Waals surface area (Å²) in [4.78, 5) is 18.8. The van der Waals surface area contributed by atoms with Gasteiger partial charge in [-0.2, -0.15) is 0 Å². The Morgan fingerprint density at radius 1 is 1.00 bits per heavy atom. The SMILES string of the molecule is O=c1[nH]c(-c2ccc3c(c2)CCCC3)c(CN2CCCCC2)s1. The van der Waals surface area contributed by atoms with Gasteiger partial charge in [-0.15, -0.1) is 0 Å². The topological polar surface area (TPSA) is 36.1 Å². The monoisotopic (exact) mass is 328 g/mol. The Balaban J connectivity index is 1.64. The van der Waals surface area contributed by atoms with Crippen molar-refractivity contribution in [1.29, 1.82) is 0 Å². The van der Waals surface area contributed by atoms with E-state index in [-0.39, 0.29) is 4.87 Å². The largest absolute Gasteiger partial charge is 0.312 e. The second-order valence-corrected chi connectivity index (χ2v) is 7.91. The number of benzene rings is 1. The fraction of sp³-hybridized carbons (Fsp3) is 0.526. The van der Waals surface area contributed by atoms with Crippen LogP contribution in [0.3, 0.4) is 0 Å². The van der Waals surface area contributed by atoms with Crippen LogP contribution in [0.15, 0.2) is 23.0 Å². The van der Waals surface area contributed by atoms with E-state index in [9.17, 15) is 4.79 Å². The molecule has 23 heavy (non-hydrogen) atoms. The Morgan fingerprint density at radius 2 is 1.78 bits per heavy atom. The highest BCUT2D eigenvalue weighted by Crippen LogP contribution is 2.30. The molecule has 1 aromatic carbocycles. The molecule has 4 rings (SSSR count). The number of rotatable bonds is 3. The van der Waals surface area contributed by atoms with Gasteiger partial charge in [-0.05, 0) is 74.4 Å². The van der Waals surface area contributed by atoms with E-state index in [0.717, 1.165) is 25.3 Å². The molecule has 2 heterocycles. The van der Waals surface area contributed by atoms with Crippen molar-refractivity contribution in [3.8, 4) is 11.3 Å². The van der Waals surface area contributed by atoms with E-state index in [1.165, 1.54) is 77.9 Å². The molecular formula is C19H24N2OS. The number of thiazole rings is 1. The lowest BCUT2D eigenvalue weighted by Gasteiger charge is -2.26. The molecule has 0 spiro atoms. The van der Waals surface area contributed by atoms with Crippen molar-refractivity contribution in [1.82, 2.24) is 9.88 Å². The number of aromatic amines is 1. The minimum atomic E-state index is 0.0738. The lowest BCUT2D eigenvalue weighted by Crippen LogP contribution is -2.28. The summed E-state index contributed by atoms with van der Waals surface area (Å²) in [6.45, 7) is 3.24. The smallest absolute Gasteiger partial charge is 0.305 e. The van der Waals surface area contributed by atoms with Gasteiger partial charge in [0, 0.05) is 11.4 Å². The van der Waals surface area contributed by atoms with Crippen molar-refractivity contribution in [3.63, 3.8) is 0 Å². The van der Waals surface area contributed by atoms with Crippen molar-refractivity contribution in [2.45, 2.75) is 51.5 Å². The Bertz CT molecular complexity index is 740. The molecule has 0 amide bonds. The number of aromatic nitrogens is 1. The zero-order chi connectivity index (χ0) is 15.6. The second kappa shape index (κ2) is 6.62. The summed E-state index contributed by atoms with van der Waals surface area (Å²) >= 11 is 1.39. The zero-order valence-electron chi connectivity index (χ0n) is 13.6. The number of hydrogen-bond acceptors (Lipinski definition) is 3. The molecule has 1 saturated heterocycles. The summed E-state index contributed by atoms with van der Waals surface area (Å²) in [7, 11) is 0. The molecule has 0 radical (unpaired) electrons. The highest BCUT2D eigenvalue weighted by Gasteiger charge is 2.17. The molecule has 2 aliphatic rings. The van der Waals surface area contributed by atoms with Gasteiger partial charge in [-0.1, -0.05) is 29.9 Å². The van der Waals surface area contributed by atoms with Gasteiger partial charge in [0.25, 0.3) is 0 Å². The van der Waals surface area contributed by atoms with Gasteiger partial charge in [0.1, 0.15) is 0 Å². The van der Waals surface area contributed by atoms with E-state index >= 15 is 0 Å². The molecule has 1 fully saturated rings. The molecule has 1 aromatic heterocycles. The van der Waals surface area contributed by atoms with Gasteiger partial charge in [-0.25, -0.2) is 0 Å². The average molecular weight is 328 g/mol. The van der Waals surface area contributed by atoms with E-state index in [1.807, 2.05) is 0 Å². The summed E-state index contributed by atoms with van der Waals surface area (Å²) in [5.41, 5.74) is 5.22. The van der Waals surface area contributed by atoms with Crippen LogP contribution in [0, 0.1) is 0 Å². The third-order valence-corrected chi connectivity index (χ3v) is 6.04. The number of hydrogen-bond donors (Lipinski definition) is 1. The molecule has 1 N–H and O–H groups in total. The standard InChI is InChI=1S/C19H24N2OS/c22-19-20-18(17(23-19)13-21-10-4-1-5-11-21)16-9-8-14-6-2-3-7-15(14)12-16/h8-9,12H,1-7,10-11,13H2,(H,20,22). The number of fused-ring (bicyclic) bond motifs is 1. The van der Waals surface area contributed by atoms with E-state index in [2.05, 4.69) is 28.1 Å². The Kier molecular flexibility index (Phi) is 4.36. The van der Waals surface area contributed by atoms with E-state index in [1.54, 1.807) is 0 Å². The third kappa shape index (κ3) is 3.29. The average Bonchev–Trinajstić information content (AvgIpc) is 2.96. The fourth-order valence-corrected chi connectivity index (χ4v) is 4.81. The van der Waals surface area contributed by atoms with E-state index in [4.69, 9.17) is 0 Å². The molecule has 2 aromatic rings. The molecular weight excluding hydrogens is 304 g/mol.